The van der Waals surface area contributed by atoms with Crippen molar-refractivity contribution in [3.05, 3.63) is 53.2 Å². The minimum absolute atomic E-state index is 0.00871. The van der Waals surface area contributed by atoms with E-state index in [0.717, 1.165) is 11.7 Å². The normalized spacial score (nSPS) is 17.2. The van der Waals surface area contributed by atoms with Crippen molar-refractivity contribution in [1.82, 2.24) is 14.5 Å². The molecule has 0 fully saturated rings. The molecule has 0 aliphatic rings. The summed E-state index contributed by atoms with van der Waals surface area (Å²) in [5.41, 5.74) is 0.606. The summed E-state index contributed by atoms with van der Waals surface area (Å²) in [7, 11) is -8.56. The van der Waals surface area contributed by atoms with E-state index in [2.05, 4.69) is 19.8 Å². The van der Waals surface area contributed by atoms with Gasteiger partial charge in [0.05, 0.1) is 18.0 Å². The van der Waals surface area contributed by atoms with Gasteiger partial charge in [-0.15, -0.1) is 0 Å². The van der Waals surface area contributed by atoms with E-state index < -0.39 is 58.1 Å². The highest BCUT2D eigenvalue weighted by Gasteiger charge is 2.36. The number of alkyl halides is 1. The number of benzene rings is 1. The van der Waals surface area contributed by atoms with E-state index in [1.165, 1.54) is 24.4 Å². The highest BCUT2D eigenvalue weighted by atomic mass is 35.5. The number of hydrogen-bond acceptors (Lipinski definition) is 8. The van der Waals surface area contributed by atoms with Gasteiger partial charge >= 0.3 is 15.2 Å². The molecule has 17 heteroatoms. The Morgan fingerprint density at radius 2 is 1.92 bits per heavy atom. The van der Waals surface area contributed by atoms with Crippen LogP contribution in [0.4, 0.5) is 14.6 Å². The van der Waals surface area contributed by atoms with Crippen molar-refractivity contribution in [1.29, 1.82) is 0 Å². The number of nitrogens with zero attached hydrogens (tertiary/aromatic N) is 3. The van der Waals surface area contributed by atoms with E-state index in [-0.39, 0.29) is 16.7 Å². The zero-order valence-corrected chi connectivity index (χ0v) is 22.0. The van der Waals surface area contributed by atoms with Gasteiger partial charge in [-0.05, 0) is 42.3 Å². The summed E-state index contributed by atoms with van der Waals surface area (Å²) in [6.07, 6.45) is -4.43. The molecule has 0 aliphatic carbocycles. The van der Waals surface area contributed by atoms with Crippen molar-refractivity contribution in [2.24, 2.45) is 0 Å². The molecule has 2 heterocycles. The first-order chi connectivity index (χ1) is 17.2. The second-order valence-corrected chi connectivity index (χ2v) is 12.4. The van der Waals surface area contributed by atoms with Gasteiger partial charge in [0.1, 0.15) is 29.5 Å². The fraction of sp³-hybridized carbons (Fsp3) is 0.400. The topological polar surface area (TPSA) is 176 Å². The van der Waals surface area contributed by atoms with Crippen LogP contribution in [0.2, 0.25) is 5.28 Å². The first-order valence-corrected chi connectivity index (χ1v) is 14.6. The molecule has 0 saturated carbocycles. The lowest BCUT2D eigenvalue weighted by Gasteiger charge is -2.26. The van der Waals surface area contributed by atoms with Crippen LogP contribution in [0.5, 0.6) is 0 Å². The highest BCUT2D eigenvalue weighted by Crippen LogP contribution is 2.55. The van der Waals surface area contributed by atoms with Gasteiger partial charge in [-0.3, -0.25) is 13.7 Å². The lowest BCUT2D eigenvalue weighted by molar-refractivity contribution is -0.0861. The maximum atomic E-state index is 15.4. The zero-order chi connectivity index (χ0) is 27.5. The summed E-state index contributed by atoms with van der Waals surface area (Å²) in [5, 5.41) is 13.7. The molecule has 5 N–H and O–H groups in total. The smallest absolute Gasteiger partial charge is 0.340 e. The third kappa shape index (κ3) is 7.76. The van der Waals surface area contributed by atoms with Gasteiger partial charge in [0.25, 0.3) is 0 Å². The molecule has 1 unspecified atom stereocenters. The van der Waals surface area contributed by atoms with Crippen molar-refractivity contribution in [3.63, 3.8) is 0 Å². The van der Waals surface area contributed by atoms with E-state index in [9.17, 15) is 23.5 Å². The van der Waals surface area contributed by atoms with Gasteiger partial charge < -0.3 is 34.4 Å². The fourth-order valence-electron chi connectivity index (χ4n) is 3.49. The Hall–Kier alpha value is -1.99. The molecule has 5 atom stereocenters. The zero-order valence-electron chi connectivity index (χ0n) is 19.5. The van der Waals surface area contributed by atoms with Crippen LogP contribution >= 0.6 is 26.8 Å². The Bertz CT molecular complexity index is 1340. The van der Waals surface area contributed by atoms with Crippen LogP contribution < -0.4 is 5.32 Å². The second kappa shape index (κ2) is 11.8. The Morgan fingerprint density at radius 3 is 2.54 bits per heavy atom. The molecule has 0 saturated heterocycles. The second-order valence-electron chi connectivity index (χ2n) is 8.10. The number of nitrogens with one attached hydrogen (secondary N) is 1. The van der Waals surface area contributed by atoms with E-state index in [0.29, 0.717) is 10.9 Å². The molecule has 37 heavy (non-hydrogen) atoms. The molecule has 0 spiro atoms. The molecule has 0 aliphatic heterocycles. The number of aromatic nitrogens is 3. The largest absolute Gasteiger partial charge is 0.385 e. The SMILES string of the molecule is CO[C@H](COP(=O)(O)CP(=O)(O)O)[C@@H](O)[C@H](F)n1ccc2c(N[C@@H](C)c3cccc(F)c3)nc(Cl)nc21. The van der Waals surface area contributed by atoms with Crippen LogP contribution in [-0.2, 0) is 18.4 Å². The minimum atomic E-state index is -4.88. The third-order valence-electron chi connectivity index (χ3n) is 5.28. The van der Waals surface area contributed by atoms with Crippen molar-refractivity contribution in [2.45, 2.75) is 31.5 Å². The molecule has 0 amide bonds. The molecule has 2 aromatic heterocycles. The summed E-state index contributed by atoms with van der Waals surface area (Å²) in [6, 6.07) is 6.95. The van der Waals surface area contributed by atoms with Gasteiger partial charge in [0, 0.05) is 13.3 Å². The molecule has 3 aromatic rings. The number of halogens is 3. The average molecular weight is 585 g/mol. The maximum Gasteiger partial charge on any atom is 0.340 e. The standard InChI is InChI=1S/C20H25ClF2N4O8P2/c1-11(12-4-3-5-13(22)8-12)24-18-14-6-7-27(19(14)26-20(21)25-18)17(23)16(28)15(34-2)9-35-37(32,33)10-36(29,30)31/h3-8,11,15-17,28H,9-10H2,1-2H3,(H,32,33)(H,24,25,26)(H2,29,30,31)/t11-,15+,16+,17+/m0/s1. The first kappa shape index (κ1) is 29.6. The summed E-state index contributed by atoms with van der Waals surface area (Å²) in [4.78, 5) is 35.5. The predicted octanol–water partition coefficient (Wildman–Crippen LogP) is 3.58. The van der Waals surface area contributed by atoms with Crippen molar-refractivity contribution < 1.29 is 47.0 Å². The lowest BCUT2D eigenvalue weighted by Crippen LogP contribution is -2.37. The molecule has 0 bridgehead atoms. The summed E-state index contributed by atoms with van der Waals surface area (Å²) >= 11 is 6.05. The third-order valence-corrected chi connectivity index (χ3v) is 8.91. The Kier molecular flexibility index (Phi) is 9.44. The number of aliphatic hydroxyl groups is 1. The summed E-state index contributed by atoms with van der Waals surface area (Å²) in [5.74, 6) is -1.65. The van der Waals surface area contributed by atoms with Gasteiger partial charge in [-0.2, -0.15) is 4.98 Å². The van der Waals surface area contributed by atoms with E-state index in [4.69, 9.17) is 26.1 Å². The fourth-order valence-corrected chi connectivity index (χ4v) is 6.22. The molecule has 12 nitrogen and oxygen atoms in total. The Morgan fingerprint density at radius 1 is 1.22 bits per heavy atom. The van der Waals surface area contributed by atoms with Gasteiger partial charge in [-0.1, -0.05) is 12.1 Å². The number of aliphatic hydroxyl groups excluding tert-OH is 1. The molecule has 1 aromatic carbocycles. The maximum absolute atomic E-state index is 15.4. The Labute approximate surface area is 214 Å². The quantitative estimate of drug-likeness (QED) is 0.155. The molecular formula is C20H25ClF2N4O8P2. The average Bonchev–Trinajstić information content (AvgIpc) is 3.21. The number of ether oxygens (including phenoxy) is 1. The van der Waals surface area contributed by atoms with Crippen molar-refractivity contribution in [2.75, 3.05) is 24.9 Å². The van der Waals surface area contributed by atoms with E-state index in [1.54, 1.807) is 19.1 Å². The Balaban J connectivity index is 1.82. The van der Waals surface area contributed by atoms with Crippen LogP contribution in [0.25, 0.3) is 11.0 Å². The van der Waals surface area contributed by atoms with Gasteiger partial charge in [0.2, 0.25) is 11.6 Å². The highest BCUT2D eigenvalue weighted by molar-refractivity contribution is 7.70. The summed E-state index contributed by atoms with van der Waals surface area (Å²) < 4.78 is 62.4. The number of fused-ring (bicyclic) bond motifs is 1. The molecular weight excluding hydrogens is 560 g/mol. The monoisotopic (exact) mass is 584 g/mol. The molecule has 204 valence electrons. The van der Waals surface area contributed by atoms with Crippen molar-refractivity contribution in [3.8, 4) is 0 Å². The van der Waals surface area contributed by atoms with Crippen LogP contribution in [-0.4, -0.2) is 66.1 Å². The van der Waals surface area contributed by atoms with E-state index in [1.807, 2.05) is 0 Å². The van der Waals surface area contributed by atoms with Gasteiger partial charge in [-0.25, -0.2) is 13.8 Å². The molecule has 0 radical (unpaired) electrons. The predicted molar refractivity (Wildman–Crippen MR) is 131 cm³/mol. The number of hydrogen-bond donors (Lipinski definition) is 5. The van der Waals surface area contributed by atoms with Crippen LogP contribution in [0.3, 0.4) is 0 Å². The minimum Gasteiger partial charge on any atom is -0.385 e. The van der Waals surface area contributed by atoms with Gasteiger partial charge in [0.15, 0.2) is 5.90 Å². The van der Waals surface area contributed by atoms with Crippen molar-refractivity contribution >= 4 is 43.6 Å². The first-order valence-electron chi connectivity index (χ1n) is 10.6. The van der Waals surface area contributed by atoms with Crippen LogP contribution in [0.15, 0.2) is 36.5 Å². The summed E-state index contributed by atoms with van der Waals surface area (Å²) in [6.45, 7) is 0.906. The van der Waals surface area contributed by atoms with Crippen LogP contribution in [0.1, 0.15) is 24.8 Å². The number of anilines is 1. The van der Waals surface area contributed by atoms with E-state index >= 15 is 4.39 Å². The van der Waals surface area contributed by atoms with Crippen LogP contribution in [0, 0.1) is 5.82 Å². The number of rotatable bonds is 12. The molecule has 3 rings (SSSR count). The number of methoxy groups -OCH3 is 1. The lowest BCUT2D eigenvalue weighted by atomic mass is 10.1.